The molecule has 0 aromatic carbocycles. The van der Waals surface area contributed by atoms with Crippen LogP contribution in [0.2, 0.25) is 0 Å². The average Bonchev–Trinajstić information content (AvgIpc) is 2.48. The molecule has 0 bridgehead atoms. The third kappa shape index (κ3) is 3.65. The number of rotatable bonds is 5. The van der Waals surface area contributed by atoms with E-state index in [2.05, 4.69) is 10.3 Å². The van der Waals surface area contributed by atoms with Crippen LogP contribution in [0.5, 0.6) is 0 Å². The van der Waals surface area contributed by atoms with Crippen LogP contribution in [0.1, 0.15) is 12.1 Å². The zero-order valence-electron chi connectivity index (χ0n) is 7.71. The largest absolute Gasteiger partial charge is 0.481 e. The Morgan fingerprint density at radius 2 is 2.43 bits per heavy atom. The van der Waals surface area contributed by atoms with Gasteiger partial charge in [0.05, 0.1) is 17.9 Å². The van der Waals surface area contributed by atoms with Crippen molar-refractivity contribution in [1.29, 1.82) is 0 Å². The highest BCUT2D eigenvalue weighted by Gasteiger charge is 2.07. The summed E-state index contributed by atoms with van der Waals surface area (Å²) in [7, 11) is 0.544. The molecule has 0 fully saturated rings. The summed E-state index contributed by atoms with van der Waals surface area (Å²) in [5.74, 6) is -0.509. The molecule has 78 valence electrons. The van der Waals surface area contributed by atoms with Crippen LogP contribution in [0.25, 0.3) is 0 Å². The smallest absolute Gasteiger partial charge is 0.304 e. The number of aliphatic carboxylic acids is 1. The summed E-state index contributed by atoms with van der Waals surface area (Å²) in [6.45, 7) is 0. The normalized spacial score (nSPS) is 12.6. The van der Waals surface area contributed by atoms with E-state index in [-0.39, 0.29) is 17.9 Å². The SMILES string of the molecule is Cn1cc(CS(=O)CCC(=O)O)nn1. The number of hydrogen-bond acceptors (Lipinski definition) is 4. The van der Waals surface area contributed by atoms with E-state index < -0.39 is 16.8 Å². The standard InChI is InChI=1S/C7H11N3O3S/c1-10-4-6(8-9-10)5-14(13)3-2-7(11)12/h4H,2-3,5H2,1H3,(H,11,12). The Balaban J connectivity index is 2.37. The van der Waals surface area contributed by atoms with Crippen LogP contribution in [0.4, 0.5) is 0 Å². The lowest BCUT2D eigenvalue weighted by Gasteiger charge is -1.95. The van der Waals surface area contributed by atoms with Gasteiger partial charge in [0.2, 0.25) is 0 Å². The van der Waals surface area contributed by atoms with Gasteiger partial charge in [0.15, 0.2) is 0 Å². The first-order valence-electron chi connectivity index (χ1n) is 4.00. The molecule has 0 aliphatic rings. The fourth-order valence-corrected chi connectivity index (χ4v) is 1.91. The van der Waals surface area contributed by atoms with E-state index in [1.54, 1.807) is 13.2 Å². The molecule has 0 aliphatic heterocycles. The van der Waals surface area contributed by atoms with Gasteiger partial charge in [0, 0.05) is 29.8 Å². The van der Waals surface area contributed by atoms with Gasteiger partial charge in [-0.1, -0.05) is 5.21 Å². The molecule has 14 heavy (non-hydrogen) atoms. The number of hydrogen-bond donors (Lipinski definition) is 1. The Hall–Kier alpha value is -1.24. The topological polar surface area (TPSA) is 85.1 Å². The second-order valence-corrected chi connectivity index (χ2v) is 4.39. The van der Waals surface area contributed by atoms with E-state index in [9.17, 15) is 9.00 Å². The van der Waals surface area contributed by atoms with Crippen LogP contribution in [-0.2, 0) is 28.4 Å². The van der Waals surface area contributed by atoms with Crippen molar-refractivity contribution in [3.8, 4) is 0 Å². The molecule has 6 nitrogen and oxygen atoms in total. The number of nitrogens with zero attached hydrogens (tertiary/aromatic N) is 3. The van der Waals surface area contributed by atoms with Crippen LogP contribution < -0.4 is 0 Å². The van der Waals surface area contributed by atoms with Gasteiger partial charge in [0.1, 0.15) is 0 Å². The molecule has 0 saturated carbocycles. The number of aryl methyl sites for hydroxylation is 1. The van der Waals surface area contributed by atoms with Crippen LogP contribution in [0.3, 0.4) is 0 Å². The molecule has 0 saturated heterocycles. The van der Waals surface area contributed by atoms with Crippen molar-refractivity contribution in [2.45, 2.75) is 12.2 Å². The minimum absolute atomic E-state index is 0.0765. The summed E-state index contributed by atoms with van der Waals surface area (Å²) in [5.41, 5.74) is 0.622. The summed E-state index contributed by atoms with van der Waals surface area (Å²) >= 11 is 0. The third-order valence-corrected chi connectivity index (χ3v) is 2.78. The van der Waals surface area contributed by atoms with Gasteiger partial charge in [-0.3, -0.25) is 13.7 Å². The molecule has 0 spiro atoms. The molecule has 7 heteroatoms. The molecule has 1 unspecified atom stereocenters. The van der Waals surface area contributed by atoms with Crippen molar-refractivity contribution >= 4 is 16.8 Å². The molecule has 1 rings (SSSR count). The minimum Gasteiger partial charge on any atom is -0.481 e. The summed E-state index contributed by atoms with van der Waals surface area (Å²) in [4.78, 5) is 10.2. The Morgan fingerprint density at radius 1 is 1.71 bits per heavy atom. The van der Waals surface area contributed by atoms with Crippen LogP contribution >= 0.6 is 0 Å². The Bertz CT molecular complexity index is 350. The molecular weight excluding hydrogens is 206 g/mol. The van der Waals surface area contributed by atoms with Gasteiger partial charge in [-0.15, -0.1) is 5.10 Å². The van der Waals surface area contributed by atoms with Crippen molar-refractivity contribution < 1.29 is 14.1 Å². The summed E-state index contributed by atoms with van der Waals surface area (Å²) in [6, 6.07) is 0. The molecule has 1 aromatic heterocycles. The fraction of sp³-hybridized carbons (Fsp3) is 0.571. The molecular formula is C7H11N3O3S. The number of carbonyl (C=O) groups is 1. The van der Waals surface area contributed by atoms with Crippen molar-refractivity contribution in [1.82, 2.24) is 15.0 Å². The van der Waals surface area contributed by atoms with Gasteiger partial charge >= 0.3 is 5.97 Å². The second-order valence-electron chi connectivity index (χ2n) is 2.82. The van der Waals surface area contributed by atoms with E-state index in [4.69, 9.17) is 5.11 Å². The van der Waals surface area contributed by atoms with Crippen molar-refractivity contribution in [3.05, 3.63) is 11.9 Å². The number of carboxylic acids is 1. The lowest BCUT2D eigenvalue weighted by atomic mass is 10.5. The van der Waals surface area contributed by atoms with E-state index in [0.717, 1.165) is 0 Å². The predicted molar refractivity (Wildman–Crippen MR) is 50.0 cm³/mol. The van der Waals surface area contributed by atoms with Crippen LogP contribution in [-0.4, -0.2) is 36.0 Å². The second kappa shape index (κ2) is 4.85. The lowest BCUT2D eigenvalue weighted by Crippen LogP contribution is -2.06. The average molecular weight is 217 g/mol. The fourth-order valence-electron chi connectivity index (χ4n) is 0.900. The third-order valence-electron chi connectivity index (χ3n) is 1.50. The zero-order chi connectivity index (χ0) is 10.6. The van der Waals surface area contributed by atoms with Gasteiger partial charge in [-0.2, -0.15) is 0 Å². The Kier molecular flexibility index (Phi) is 3.75. The Morgan fingerprint density at radius 3 is 2.93 bits per heavy atom. The summed E-state index contributed by atoms with van der Waals surface area (Å²) in [6.07, 6.45) is 1.59. The monoisotopic (exact) mass is 217 g/mol. The van der Waals surface area contributed by atoms with Crippen molar-refractivity contribution in [2.24, 2.45) is 7.05 Å². The first-order valence-corrected chi connectivity index (χ1v) is 5.48. The number of aromatic nitrogens is 3. The minimum atomic E-state index is -1.17. The molecule has 0 radical (unpaired) electrons. The van der Waals surface area contributed by atoms with Gasteiger partial charge < -0.3 is 5.11 Å². The Labute approximate surface area is 83.4 Å². The highest BCUT2D eigenvalue weighted by atomic mass is 32.2. The predicted octanol–water partition coefficient (Wildman–Crippen LogP) is -0.462. The maximum Gasteiger partial charge on any atom is 0.304 e. The van der Waals surface area contributed by atoms with E-state index in [1.165, 1.54) is 4.68 Å². The molecule has 1 N–H and O–H groups in total. The molecule has 0 aliphatic carbocycles. The summed E-state index contributed by atoms with van der Waals surface area (Å²) < 4.78 is 12.8. The maximum absolute atomic E-state index is 11.3. The van der Waals surface area contributed by atoms with E-state index in [1.807, 2.05) is 0 Å². The van der Waals surface area contributed by atoms with Gasteiger partial charge in [-0.25, -0.2) is 0 Å². The highest BCUT2D eigenvalue weighted by Crippen LogP contribution is 1.99. The van der Waals surface area contributed by atoms with E-state index >= 15 is 0 Å². The quantitative estimate of drug-likeness (QED) is 0.721. The molecule has 0 amide bonds. The summed E-state index contributed by atoms with van der Waals surface area (Å²) in [5, 5.41) is 15.8. The lowest BCUT2D eigenvalue weighted by molar-refractivity contribution is -0.136. The number of carboxylic acid groups (broad SMARTS) is 1. The molecule has 1 aromatic rings. The zero-order valence-corrected chi connectivity index (χ0v) is 8.53. The van der Waals surface area contributed by atoms with Crippen LogP contribution in [0, 0.1) is 0 Å². The molecule has 1 atom stereocenters. The van der Waals surface area contributed by atoms with Gasteiger partial charge in [-0.05, 0) is 0 Å². The first-order chi connectivity index (χ1) is 6.58. The highest BCUT2D eigenvalue weighted by molar-refractivity contribution is 7.84. The molecule has 1 heterocycles. The first kappa shape index (κ1) is 10.8. The van der Waals surface area contributed by atoms with E-state index in [0.29, 0.717) is 5.69 Å². The van der Waals surface area contributed by atoms with Crippen molar-refractivity contribution in [2.75, 3.05) is 5.75 Å². The maximum atomic E-state index is 11.3. The van der Waals surface area contributed by atoms with Crippen LogP contribution in [0.15, 0.2) is 6.20 Å². The van der Waals surface area contributed by atoms with Crippen molar-refractivity contribution in [3.63, 3.8) is 0 Å². The van der Waals surface area contributed by atoms with Gasteiger partial charge in [0.25, 0.3) is 0 Å².